The molecular weight excluding hydrogens is 262 g/mol. The molecule has 0 bridgehead atoms. The molecule has 1 heterocycles. The first-order valence-corrected chi connectivity index (χ1v) is 7.69. The van der Waals surface area contributed by atoms with Gasteiger partial charge in [-0.25, -0.2) is 0 Å². The number of hydrogen-bond acceptors (Lipinski definition) is 2. The minimum atomic E-state index is 0.0983. The number of aliphatic hydroxyl groups is 1. The highest BCUT2D eigenvalue weighted by Gasteiger charge is 2.28. The van der Waals surface area contributed by atoms with Gasteiger partial charge >= 0.3 is 0 Å². The van der Waals surface area contributed by atoms with E-state index in [0.29, 0.717) is 25.3 Å². The Kier molecular flexibility index (Phi) is 5.83. The van der Waals surface area contributed by atoms with E-state index in [2.05, 4.69) is 18.8 Å². The van der Waals surface area contributed by atoms with Gasteiger partial charge in [-0.2, -0.15) is 0 Å². The second kappa shape index (κ2) is 7.85. The van der Waals surface area contributed by atoms with E-state index in [1.807, 2.05) is 29.2 Å². The topological polar surface area (TPSA) is 40.5 Å². The Bertz CT molecular complexity index is 524. The number of rotatable bonds is 5. The van der Waals surface area contributed by atoms with Crippen LogP contribution in [0.2, 0.25) is 0 Å². The summed E-state index contributed by atoms with van der Waals surface area (Å²) in [7, 11) is 0. The van der Waals surface area contributed by atoms with Gasteiger partial charge in [0.2, 0.25) is 5.91 Å². The summed E-state index contributed by atoms with van der Waals surface area (Å²) in [5.41, 5.74) is 2.09. The smallest absolute Gasteiger partial charge is 0.223 e. The predicted octanol–water partition coefficient (Wildman–Crippen LogP) is 2.57. The maximum Gasteiger partial charge on any atom is 0.223 e. The zero-order valence-electron chi connectivity index (χ0n) is 12.6. The fraction of sp³-hybridized carbons (Fsp3) is 0.500. The molecule has 1 unspecified atom stereocenters. The van der Waals surface area contributed by atoms with E-state index in [4.69, 9.17) is 5.11 Å². The number of benzene rings is 1. The van der Waals surface area contributed by atoms with Crippen LogP contribution in [0.4, 0.5) is 0 Å². The molecule has 1 aromatic carbocycles. The molecule has 3 nitrogen and oxygen atoms in total. The van der Waals surface area contributed by atoms with Crippen LogP contribution in [0.15, 0.2) is 24.3 Å². The van der Waals surface area contributed by atoms with Crippen LogP contribution in [-0.2, 0) is 11.3 Å². The van der Waals surface area contributed by atoms with E-state index in [1.165, 1.54) is 0 Å². The maximum absolute atomic E-state index is 12.0. The van der Waals surface area contributed by atoms with Crippen LogP contribution in [0.5, 0.6) is 0 Å². The van der Waals surface area contributed by atoms with Crippen LogP contribution < -0.4 is 0 Å². The van der Waals surface area contributed by atoms with Crippen LogP contribution in [-0.4, -0.2) is 29.1 Å². The van der Waals surface area contributed by atoms with Crippen molar-refractivity contribution in [2.24, 2.45) is 5.92 Å². The standard InChI is InChI=1S/C18H23NO2/c1-2-5-17-12-18(21)19(14-17)13-16-9-7-15(8-10-16)6-3-4-11-20/h7-10,17,20H,2,4-5,11-14H2,1H3. The van der Waals surface area contributed by atoms with Crippen LogP contribution >= 0.6 is 0 Å². The van der Waals surface area contributed by atoms with Crippen LogP contribution in [0.1, 0.15) is 43.7 Å². The summed E-state index contributed by atoms with van der Waals surface area (Å²) < 4.78 is 0. The minimum Gasteiger partial charge on any atom is -0.395 e. The van der Waals surface area contributed by atoms with Gasteiger partial charge in [-0.3, -0.25) is 4.79 Å². The Balaban J connectivity index is 1.92. The Morgan fingerprint density at radius 3 is 2.76 bits per heavy atom. The van der Waals surface area contributed by atoms with Gasteiger partial charge in [0.1, 0.15) is 0 Å². The highest BCUT2D eigenvalue weighted by atomic mass is 16.2. The molecule has 1 aliphatic heterocycles. The van der Waals surface area contributed by atoms with E-state index in [-0.39, 0.29) is 12.5 Å². The van der Waals surface area contributed by atoms with Gasteiger partial charge in [-0.05, 0) is 30.0 Å². The van der Waals surface area contributed by atoms with Gasteiger partial charge in [0.15, 0.2) is 0 Å². The molecule has 3 heteroatoms. The van der Waals surface area contributed by atoms with Crippen LogP contribution in [0, 0.1) is 17.8 Å². The van der Waals surface area contributed by atoms with Crippen LogP contribution in [0.25, 0.3) is 0 Å². The normalized spacial score (nSPS) is 17.7. The Labute approximate surface area is 127 Å². The van der Waals surface area contributed by atoms with E-state index in [1.54, 1.807) is 0 Å². The molecule has 1 N–H and O–H groups in total. The lowest BCUT2D eigenvalue weighted by Crippen LogP contribution is -2.24. The van der Waals surface area contributed by atoms with Crippen molar-refractivity contribution in [3.63, 3.8) is 0 Å². The largest absolute Gasteiger partial charge is 0.395 e. The first kappa shape index (κ1) is 15.6. The zero-order chi connectivity index (χ0) is 15.1. The van der Waals surface area contributed by atoms with Crippen molar-refractivity contribution < 1.29 is 9.90 Å². The molecule has 1 amide bonds. The summed E-state index contributed by atoms with van der Waals surface area (Å²) in [6.07, 6.45) is 3.50. The third kappa shape index (κ3) is 4.61. The van der Waals surface area contributed by atoms with Gasteiger partial charge in [-0.15, -0.1) is 0 Å². The van der Waals surface area contributed by atoms with E-state index in [9.17, 15) is 4.79 Å². The SMILES string of the molecule is CCCC1CC(=O)N(Cc2ccc(C#CCCO)cc2)C1. The molecule has 1 aliphatic rings. The monoisotopic (exact) mass is 285 g/mol. The lowest BCUT2D eigenvalue weighted by Gasteiger charge is -2.16. The van der Waals surface area contributed by atoms with E-state index >= 15 is 0 Å². The van der Waals surface area contributed by atoms with Crippen molar-refractivity contribution in [3.8, 4) is 11.8 Å². The van der Waals surface area contributed by atoms with E-state index in [0.717, 1.165) is 30.5 Å². The summed E-state index contributed by atoms with van der Waals surface area (Å²) in [5.74, 6) is 6.73. The van der Waals surface area contributed by atoms with Crippen molar-refractivity contribution >= 4 is 5.91 Å². The summed E-state index contributed by atoms with van der Waals surface area (Å²) in [6.45, 7) is 3.86. The molecule has 1 saturated heterocycles. The molecule has 21 heavy (non-hydrogen) atoms. The molecule has 0 spiro atoms. The second-order valence-electron chi connectivity index (χ2n) is 5.61. The molecule has 1 fully saturated rings. The van der Waals surface area contributed by atoms with Gasteiger partial charge in [-0.1, -0.05) is 37.3 Å². The van der Waals surface area contributed by atoms with Crippen molar-refractivity contribution in [1.82, 2.24) is 4.90 Å². The van der Waals surface area contributed by atoms with Gasteiger partial charge in [0, 0.05) is 31.5 Å². The molecule has 0 saturated carbocycles. The van der Waals surface area contributed by atoms with Crippen LogP contribution in [0.3, 0.4) is 0 Å². The Hall–Kier alpha value is -1.79. The van der Waals surface area contributed by atoms with Crippen molar-refractivity contribution in [1.29, 1.82) is 0 Å². The quantitative estimate of drug-likeness (QED) is 0.845. The van der Waals surface area contributed by atoms with Gasteiger partial charge in [0.05, 0.1) is 6.61 Å². The van der Waals surface area contributed by atoms with Gasteiger partial charge < -0.3 is 10.0 Å². The number of likely N-dealkylation sites (tertiary alicyclic amines) is 1. The average Bonchev–Trinajstić information content (AvgIpc) is 2.81. The summed E-state index contributed by atoms with van der Waals surface area (Å²) >= 11 is 0. The molecule has 0 aromatic heterocycles. The molecular formula is C18H23NO2. The maximum atomic E-state index is 12.0. The average molecular weight is 285 g/mol. The predicted molar refractivity (Wildman–Crippen MR) is 83.5 cm³/mol. The van der Waals surface area contributed by atoms with E-state index < -0.39 is 0 Å². The number of carbonyl (C=O) groups excluding carboxylic acids is 1. The molecule has 112 valence electrons. The third-order valence-corrected chi connectivity index (χ3v) is 3.79. The highest BCUT2D eigenvalue weighted by molar-refractivity contribution is 5.78. The Morgan fingerprint density at radius 2 is 2.10 bits per heavy atom. The minimum absolute atomic E-state index is 0.0983. The fourth-order valence-electron chi connectivity index (χ4n) is 2.74. The summed E-state index contributed by atoms with van der Waals surface area (Å²) in [5, 5.41) is 8.69. The number of hydrogen-bond donors (Lipinski definition) is 1. The number of nitrogens with zero attached hydrogens (tertiary/aromatic N) is 1. The fourth-order valence-corrected chi connectivity index (χ4v) is 2.74. The molecule has 0 aliphatic carbocycles. The highest BCUT2D eigenvalue weighted by Crippen LogP contribution is 2.23. The van der Waals surface area contributed by atoms with Crippen molar-refractivity contribution in [2.75, 3.05) is 13.2 Å². The molecule has 1 aromatic rings. The molecule has 1 atom stereocenters. The first-order chi connectivity index (χ1) is 10.2. The number of amides is 1. The lowest BCUT2D eigenvalue weighted by molar-refractivity contribution is -0.128. The zero-order valence-corrected chi connectivity index (χ0v) is 12.6. The second-order valence-corrected chi connectivity index (χ2v) is 5.61. The summed E-state index contributed by atoms with van der Waals surface area (Å²) in [4.78, 5) is 14.0. The summed E-state index contributed by atoms with van der Waals surface area (Å²) in [6, 6.07) is 8.01. The first-order valence-electron chi connectivity index (χ1n) is 7.69. The number of carbonyl (C=O) groups is 1. The molecule has 0 radical (unpaired) electrons. The number of aliphatic hydroxyl groups excluding tert-OH is 1. The van der Waals surface area contributed by atoms with Crippen molar-refractivity contribution in [2.45, 2.75) is 39.2 Å². The van der Waals surface area contributed by atoms with Gasteiger partial charge in [0.25, 0.3) is 0 Å². The lowest BCUT2D eigenvalue weighted by atomic mass is 10.0. The Morgan fingerprint density at radius 1 is 1.33 bits per heavy atom. The van der Waals surface area contributed by atoms with Crippen molar-refractivity contribution in [3.05, 3.63) is 35.4 Å². The molecule has 2 rings (SSSR count). The third-order valence-electron chi connectivity index (χ3n) is 3.79.